The molecule has 0 bridgehead atoms. The highest BCUT2D eigenvalue weighted by atomic mass is 35.5. The van der Waals surface area contributed by atoms with Crippen LogP contribution in [0, 0.1) is 6.92 Å². The lowest BCUT2D eigenvalue weighted by molar-refractivity contribution is 1.17. The minimum Gasteiger partial charge on any atom is -0.145 e. The lowest BCUT2D eigenvalue weighted by Crippen LogP contribution is -1.91. The quantitative estimate of drug-likeness (QED) is 0.661. The molecule has 15 heavy (non-hydrogen) atoms. The molecule has 1 aromatic carbocycles. The Morgan fingerprint density at radius 1 is 1.27 bits per heavy atom. The highest BCUT2D eigenvalue weighted by Crippen LogP contribution is 2.37. The Kier molecular flexibility index (Phi) is 3.35. The molecule has 0 spiro atoms. The summed E-state index contributed by atoms with van der Waals surface area (Å²) in [7, 11) is 0. The number of hydrogen-bond donors (Lipinski definition) is 0. The highest BCUT2D eigenvalue weighted by molar-refractivity contribution is 7.11. The predicted molar refractivity (Wildman–Crippen MR) is 68.2 cm³/mol. The molecule has 2 aromatic rings. The van der Waals surface area contributed by atoms with Crippen molar-refractivity contribution in [1.82, 2.24) is 0 Å². The van der Waals surface area contributed by atoms with E-state index in [1.807, 2.05) is 23.6 Å². The van der Waals surface area contributed by atoms with Gasteiger partial charge in [0.25, 0.3) is 0 Å². The molecule has 1 unspecified atom stereocenters. The van der Waals surface area contributed by atoms with Gasteiger partial charge in [0.05, 0.1) is 10.4 Å². The van der Waals surface area contributed by atoms with Crippen molar-refractivity contribution in [3.8, 4) is 0 Å². The third-order valence-electron chi connectivity index (χ3n) is 2.21. The molecular weight excluding hydrogens is 247 g/mol. The standard InChI is InChI=1S/C12H10Cl2S/c1-8-3-2-4-9(7-8)11(14)12-10(13)5-6-15-12/h2-7,11H,1H3. The van der Waals surface area contributed by atoms with Gasteiger partial charge in [-0.05, 0) is 23.9 Å². The fraction of sp³-hybridized carbons (Fsp3) is 0.167. The highest BCUT2D eigenvalue weighted by Gasteiger charge is 2.15. The molecular formula is C12H10Cl2S. The van der Waals surface area contributed by atoms with Crippen LogP contribution in [0.5, 0.6) is 0 Å². The van der Waals surface area contributed by atoms with Crippen molar-refractivity contribution in [2.24, 2.45) is 0 Å². The van der Waals surface area contributed by atoms with E-state index < -0.39 is 0 Å². The third kappa shape index (κ3) is 2.36. The van der Waals surface area contributed by atoms with Gasteiger partial charge < -0.3 is 0 Å². The molecule has 1 heterocycles. The molecule has 3 heteroatoms. The van der Waals surface area contributed by atoms with Crippen molar-refractivity contribution in [3.63, 3.8) is 0 Å². The van der Waals surface area contributed by atoms with Crippen LogP contribution in [0.2, 0.25) is 5.02 Å². The average molecular weight is 257 g/mol. The summed E-state index contributed by atoms with van der Waals surface area (Å²) < 4.78 is 0. The number of alkyl halides is 1. The van der Waals surface area contributed by atoms with E-state index in [-0.39, 0.29) is 5.38 Å². The Bertz CT molecular complexity index is 462. The zero-order chi connectivity index (χ0) is 10.8. The molecule has 0 saturated carbocycles. The van der Waals surface area contributed by atoms with Crippen LogP contribution >= 0.6 is 34.5 Å². The monoisotopic (exact) mass is 256 g/mol. The van der Waals surface area contributed by atoms with Crippen molar-refractivity contribution in [1.29, 1.82) is 0 Å². The van der Waals surface area contributed by atoms with Gasteiger partial charge in [0.15, 0.2) is 0 Å². The van der Waals surface area contributed by atoms with Crippen LogP contribution in [-0.2, 0) is 0 Å². The van der Waals surface area contributed by atoms with E-state index in [1.165, 1.54) is 5.56 Å². The predicted octanol–water partition coefficient (Wildman–Crippen LogP) is 5.04. The number of halogens is 2. The van der Waals surface area contributed by atoms with E-state index in [9.17, 15) is 0 Å². The van der Waals surface area contributed by atoms with Gasteiger partial charge in [0, 0.05) is 4.88 Å². The van der Waals surface area contributed by atoms with E-state index in [1.54, 1.807) is 11.3 Å². The van der Waals surface area contributed by atoms with E-state index in [0.717, 1.165) is 15.5 Å². The van der Waals surface area contributed by atoms with Gasteiger partial charge in [0.2, 0.25) is 0 Å². The molecule has 0 aliphatic carbocycles. The third-order valence-corrected chi connectivity index (χ3v) is 4.23. The van der Waals surface area contributed by atoms with Crippen LogP contribution in [0.1, 0.15) is 21.4 Å². The minimum atomic E-state index is -0.141. The van der Waals surface area contributed by atoms with Crippen molar-refractivity contribution in [2.45, 2.75) is 12.3 Å². The Hall–Kier alpha value is -0.500. The molecule has 0 radical (unpaired) electrons. The molecule has 0 amide bonds. The summed E-state index contributed by atoms with van der Waals surface area (Å²) >= 11 is 14.0. The number of benzene rings is 1. The SMILES string of the molecule is Cc1cccc(C(Cl)c2sccc2Cl)c1. The second-order valence-corrected chi connectivity index (χ2v) is 5.20. The molecule has 0 N–H and O–H groups in total. The average Bonchev–Trinajstić information content (AvgIpc) is 2.63. The van der Waals surface area contributed by atoms with Gasteiger partial charge in [-0.2, -0.15) is 0 Å². The second kappa shape index (κ2) is 4.56. The van der Waals surface area contributed by atoms with Crippen molar-refractivity contribution in [3.05, 3.63) is 56.7 Å². The van der Waals surface area contributed by atoms with E-state index in [4.69, 9.17) is 23.2 Å². The Labute approximate surface area is 103 Å². The summed E-state index contributed by atoms with van der Waals surface area (Å²) in [6.45, 7) is 2.06. The lowest BCUT2D eigenvalue weighted by Gasteiger charge is -2.09. The summed E-state index contributed by atoms with van der Waals surface area (Å²) in [5.74, 6) is 0. The van der Waals surface area contributed by atoms with E-state index in [0.29, 0.717) is 0 Å². The summed E-state index contributed by atoms with van der Waals surface area (Å²) in [6, 6.07) is 10.1. The topological polar surface area (TPSA) is 0 Å². The Morgan fingerprint density at radius 2 is 2.07 bits per heavy atom. The smallest absolute Gasteiger partial charge is 0.0942 e. The first-order valence-corrected chi connectivity index (χ1v) is 6.31. The summed E-state index contributed by atoms with van der Waals surface area (Å²) in [5, 5.41) is 2.57. The Morgan fingerprint density at radius 3 is 2.67 bits per heavy atom. The normalized spacial score (nSPS) is 12.7. The van der Waals surface area contributed by atoms with E-state index >= 15 is 0 Å². The summed E-state index contributed by atoms with van der Waals surface area (Å²) in [4.78, 5) is 1.02. The molecule has 0 fully saturated rings. The fourth-order valence-electron chi connectivity index (χ4n) is 1.47. The van der Waals surface area contributed by atoms with Crippen LogP contribution in [-0.4, -0.2) is 0 Å². The molecule has 1 atom stereocenters. The largest absolute Gasteiger partial charge is 0.145 e. The van der Waals surface area contributed by atoms with Crippen LogP contribution < -0.4 is 0 Å². The van der Waals surface area contributed by atoms with Crippen molar-refractivity contribution in [2.75, 3.05) is 0 Å². The fourth-order valence-corrected chi connectivity index (χ4v) is 3.10. The molecule has 0 nitrogen and oxygen atoms in total. The van der Waals surface area contributed by atoms with Crippen LogP contribution in [0.25, 0.3) is 0 Å². The minimum absolute atomic E-state index is 0.141. The van der Waals surface area contributed by atoms with Gasteiger partial charge in [0.1, 0.15) is 0 Å². The van der Waals surface area contributed by atoms with Gasteiger partial charge in [-0.15, -0.1) is 22.9 Å². The van der Waals surface area contributed by atoms with Gasteiger partial charge in [-0.25, -0.2) is 0 Å². The maximum absolute atomic E-state index is 6.38. The van der Waals surface area contributed by atoms with Crippen LogP contribution in [0.4, 0.5) is 0 Å². The molecule has 1 aromatic heterocycles. The molecule has 0 saturated heterocycles. The first kappa shape index (κ1) is 11.0. The summed E-state index contributed by atoms with van der Waals surface area (Å²) in [6.07, 6.45) is 0. The molecule has 0 aliphatic heterocycles. The van der Waals surface area contributed by atoms with E-state index in [2.05, 4.69) is 19.1 Å². The van der Waals surface area contributed by atoms with Crippen LogP contribution in [0.15, 0.2) is 35.7 Å². The maximum atomic E-state index is 6.38. The zero-order valence-corrected chi connectivity index (χ0v) is 10.5. The number of aryl methyl sites for hydroxylation is 1. The number of thiophene rings is 1. The maximum Gasteiger partial charge on any atom is 0.0942 e. The first-order valence-electron chi connectivity index (χ1n) is 4.62. The van der Waals surface area contributed by atoms with Crippen LogP contribution in [0.3, 0.4) is 0 Å². The zero-order valence-electron chi connectivity index (χ0n) is 8.21. The summed E-state index contributed by atoms with van der Waals surface area (Å²) in [5.41, 5.74) is 2.31. The molecule has 78 valence electrons. The molecule has 2 rings (SSSR count). The second-order valence-electron chi connectivity index (χ2n) is 3.41. The lowest BCUT2D eigenvalue weighted by atomic mass is 10.1. The van der Waals surface area contributed by atoms with Crippen molar-refractivity contribution < 1.29 is 0 Å². The number of hydrogen-bond acceptors (Lipinski definition) is 1. The first-order chi connectivity index (χ1) is 7.18. The Balaban J connectivity index is 2.36. The number of rotatable bonds is 2. The van der Waals surface area contributed by atoms with Crippen molar-refractivity contribution >= 4 is 34.5 Å². The van der Waals surface area contributed by atoms with Gasteiger partial charge in [-0.1, -0.05) is 41.4 Å². The van der Waals surface area contributed by atoms with Gasteiger partial charge >= 0.3 is 0 Å². The van der Waals surface area contributed by atoms with Gasteiger partial charge in [-0.3, -0.25) is 0 Å². The molecule has 0 aliphatic rings.